The molecular weight excluding hydrogens is 251 g/mol. The maximum atomic E-state index is 12.3. The molecule has 0 aromatic heterocycles. The van der Waals surface area contributed by atoms with Crippen LogP contribution in [0, 0.1) is 0 Å². The van der Waals surface area contributed by atoms with Crippen molar-refractivity contribution >= 4 is 5.97 Å². The zero-order chi connectivity index (χ0) is 13.8. The third-order valence-corrected chi connectivity index (χ3v) is 2.77. The van der Waals surface area contributed by atoms with E-state index in [0.717, 1.165) is 12.8 Å². The van der Waals surface area contributed by atoms with Crippen molar-refractivity contribution in [2.75, 3.05) is 19.7 Å². The maximum Gasteiger partial charge on any atom is 0.401 e. The van der Waals surface area contributed by atoms with Crippen molar-refractivity contribution in [1.82, 2.24) is 4.90 Å². The number of ether oxygens (including phenoxy) is 1. The van der Waals surface area contributed by atoms with Crippen molar-refractivity contribution in [2.45, 2.75) is 44.5 Å². The van der Waals surface area contributed by atoms with E-state index in [1.165, 1.54) is 4.90 Å². The fraction of sp³-hybridized carbons (Fsp3) is 0.909. The zero-order valence-electron chi connectivity index (χ0n) is 10.2. The maximum absolute atomic E-state index is 12.3. The fourth-order valence-corrected chi connectivity index (χ4v) is 1.82. The standard InChI is InChI=1S/C11H18F3NO3/c1-2-18-9(10(16)17)5-6-15(8-3-4-8)7-11(12,13)14/h8-9H,2-7H2,1H3,(H,16,17). The van der Waals surface area contributed by atoms with Gasteiger partial charge in [-0.25, -0.2) is 4.79 Å². The molecule has 1 atom stereocenters. The molecule has 7 heteroatoms. The quantitative estimate of drug-likeness (QED) is 0.731. The van der Waals surface area contributed by atoms with Crippen molar-refractivity contribution in [2.24, 2.45) is 0 Å². The van der Waals surface area contributed by atoms with Crippen LogP contribution in [0.25, 0.3) is 0 Å². The van der Waals surface area contributed by atoms with Crippen LogP contribution in [0.4, 0.5) is 13.2 Å². The minimum absolute atomic E-state index is 0.0531. The Balaban J connectivity index is 2.43. The average molecular weight is 269 g/mol. The van der Waals surface area contributed by atoms with E-state index in [4.69, 9.17) is 9.84 Å². The average Bonchev–Trinajstić information content (AvgIpc) is 3.03. The van der Waals surface area contributed by atoms with Crippen LogP contribution in [0.5, 0.6) is 0 Å². The van der Waals surface area contributed by atoms with Gasteiger partial charge in [-0.2, -0.15) is 13.2 Å². The van der Waals surface area contributed by atoms with Gasteiger partial charge in [0.15, 0.2) is 6.10 Å². The van der Waals surface area contributed by atoms with Crippen molar-refractivity contribution in [3.63, 3.8) is 0 Å². The summed E-state index contributed by atoms with van der Waals surface area (Å²) in [5.74, 6) is -1.13. The lowest BCUT2D eigenvalue weighted by molar-refractivity contribution is -0.154. The van der Waals surface area contributed by atoms with E-state index in [-0.39, 0.29) is 25.6 Å². The summed E-state index contributed by atoms with van der Waals surface area (Å²) < 4.78 is 42.0. The van der Waals surface area contributed by atoms with Gasteiger partial charge in [-0.05, 0) is 26.2 Å². The van der Waals surface area contributed by atoms with Crippen molar-refractivity contribution in [3.8, 4) is 0 Å². The van der Waals surface area contributed by atoms with Crippen LogP contribution in [0.15, 0.2) is 0 Å². The summed E-state index contributed by atoms with van der Waals surface area (Å²) in [5, 5.41) is 8.84. The Kier molecular flexibility index (Phi) is 5.40. The molecule has 1 N–H and O–H groups in total. The van der Waals surface area contributed by atoms with Gasteiger partial charge in [-0.1, -0.05) is 0 Å². The fourth-order valence-electron chi connectivity index (χ4n) is 1.82. The van der Waals surface area contributed by atoms with Crippen molar-refractivity contribution < 1.29 is 27.8 Å². The number of rotatable bonds is 8. The summed E-state index contributed by atoms with van der Waals surface area (Å²) in [6, 6.07) is -0.0531. The highest BCUT2D eigenvalue weighted by molar-refractivity contribution is 5.72. The number of carboxylic acid groups (broad SMARTS) is 1. The number of alkyl halides is 3. The Bertz CT molecular complexity index is 279. The van der Waals surface area contributed by atoms with E-state index in [1.54, 1.807) is 6.92 Å². The molecule has 1 aliphatic carbocycles. The molecule has 1 aliphatic rings. The molecule has 1 unspecified atom stereocenters. The van der Waals surface area contributed by atoms with Gasteiger partial charge in [0, 0.05) is 19.2 Å². The molecule has 0 spiro atoms. The molecule has 1 saturated carbocycles. The predicted octanol–water partition coefficient (Wildman–Crippen LogP) is 1.89. The molecule has 0 saturated heterocycles. The monoisotopic (exact) mass is 269 g/mol. The van der Waals surface area contributed by atoms with Crippen molar-refractivity contribution in [1.29, 1.82) is 0 Å². The number of hydrogen-bond donors (Lipinski definition) is 1. The molecule has 0 radical (unpaired) electrons. The number of halogens is 3. The molecule has 18 heavy (non-hydrogen) atoms. The van der Waals surface area contributed by atoms with Crippen molar-refractivity contribution in [3.05, 3.63) is 0 Å². The number of carbonyl (C=O) groups is 1. The Morgan fingerprint density at radius 2 is 2.11 bits per heavy atom. The first-order chi connectivity index (χ1) is 8.33. The molecular formula is C11H18F3NO3. The van der Waals surface area contributed by atoms with Crippen LogP contribution < -0.4 is 0 Å². The van der Waals surface area contributed by atoms with Gasteiger partial charge in [0.25, 0.3) is 0 Å². The van der Waals surface area contributed by atoms with E-state index in [0.29, 0.717) is 0 Å². The predicted molar refractivity (Wildman–Crippen MR) is 58.3 cm³/mol. The number of aliphatic carboxylic acids is 1. The summed E-state index contributed by atoms with van der Waals surface area (Å²) in [7, 11) is 0. The van der Waals surface area contributed by atoms with Gasteiger partial charge < -0.3 is 9.84 Å². The molecule has 1 rings (SSSR count). The van der Waals surface area contributed by atoms with Crippen LogP contribution in [-0.4, -0.2) is 54.0 Å². The molecule has 1 fully saturated rings. The Morgan fingerprint density at radius 3 is 2.50 bits per heavy atom. The molecule has 0 heterocycles. The summed E-state index contributed by atoms with van der Waals surface area (Å²) in [5.41, 5.74) is 0. The SMILES string of the molecule is CCOC(CCN(CC(F)(F)F)C1CC1)C(=O)O. The zero-order valence-corrected chi connectivity index (χ0v) is 10.2. The highest BCUT2D eigenvalue weighted by Crippen LogP contribution is 2.30. The largest absolute Gasteiger partial charge is 0.479 e. The van der Waals surface area contributed by atoms with Crippen LogP contribution in [-0.2, 0) is 9.53 Å². The molecule has 0 aromatic carbocycles. The lowest BCUT2D eigenvalue weighted by Crippen LogP contribution is -2.39. The molecule has 4 nitrogen and oxygen atoms in total. The highest BCUT2D eigenvalue weighted by Gasteiger charge is 2.38. The van der Waals surface area contributed by atoms with Gasteiger partial charge in [0.05, 0.1) is 6.54 Å². The number of carboxylic acids is 1. The van der Waals surface area contributed by atoms with Gasteiger partial charge in [0.1, 0.15) is 0 Å². The first-order valence-corrected chi connectivity index (χ1v) is 5.98. The van der Waals surface area contributed by atoms with Gasteiger partial charge in [-0.15, -0.1) is 0 Å². The van der Waals surface area contributed by atoms with Crippen LogP contribution in [0.1, 0.15) is 26.2 Å². The lowest BCUT2D eigenvalue weighted by Gasteiger charge is -2.24. The summed E-state index contributed by atoms with van der Waals surface area (Å²) in [6.07, 6.45) is -3.68. The number of nitrogens with zero attached hydrogens (tertiary/aromatic N) is 1. The van der Waals surface area contributed by atoms with Gasteiger partial charge in [-0.3, -0.25) is 4.90 Å². The summed E-state index contributed by atoms with van der Waals surface area (Å²) in [6.45, 7) is 1.02. The number of hydrogen-bond acceptors (Lipinski definition) is 3. The minimum atomic E-state index is -4.24. The summed E-state index contributed by atoms with van der Waals surface area (Å²) in [4.78, 5) is 12.1. The molecule has 0 bridgehead atoms. The highest BCUT2D eigenvalue weighted by atomic mass is 19.4. The topological polar surface area (TPSA) is 49.8 Å². The summed E-state index contributed by atoms with van der Waals surface area (Å²) >= 11 is 0. The first-order valence-electron chi connectivity index (χ1n) is 5.98. The molecule has 0 amide bonds. The molecule has 0 aromatic rings. The van der Waals surface area contributed by atoms with Crippen LogP contribution in [0.2, 0.25) is 0 Å². The Labute approximate surface area is 104 Å². The smallest absolute Gasteiger partial charge is 0.401 e. The van der Waals surface area contributed by atoms with E-state index in [1.807, 2.05) is 0 Å². The molecule has 0 aliphatic heterocycles. The lowest BCUT2D eigenvalue weighted by atomic mass is 10.2. The van der Waals surface area contributed by atoms with E-state index in [9.17, 15) is 18.0 Å². The van der Waals surface area contributed by atoms with Crippen LogP contribution in [0.3, 0.4) is 0 Å². The molecule has 106 valence electrons. The van der Waals surface area contributed by atoms with Gasteiger partial charge >= 0.3 is 12.1 Å². The Hall–Kier alpha value is -0.820. The second-order valence-corrected chi connectivity index (χ2v) is 4.39. The Morgan fingerprint density at radius 1 is 1.50 bits per heavy atom. The third kappa shape index (κ3) is 5.68. The first kappa shape index (κ1) is 15.2. The van der Waals surface area contributed by atoms with E-state index in [2.05, 4.69) is 0 Å². The minimum Gasteiger partial charge on any atom is -0.479 e. The van der Waals surface area contributed by atoms with E-state index >= 15 is 0 Å². The normalized spacial score (nSPS) is 18.1. The van der Waals surface area contributed by atoms with Crippen LogP contribution >= 0.6 is 0 Å². The second kappa shape index (κ2) is 6.38. The second-order valence-electron chi connectivity index (χ2n) is 4.39. The van der Waals surface area contributed by atoms with Gasteiger partial charge in [0.2, 0.25) is 0 Å². The van der Waals surface area contributed by atoms with E-state index < -0.39 is 24.8 Å². The third-order valence-electron chi connectivity index (χ3n) is 2.77.